The molecule has 0 radical (unpaired) electrons. The first-order valence-corrected chi connectivity index (χ1v) is 8.60. The van der Waals surface area contributed by atoms with Crippen molar-refractivity contribution >= 4 is 11.3 Å². The molecule has 0 aliphatic heterocycles. The van der Waals surface area contributed by atoms with Crippen molar-refractivity contribution in [2.24, 2.45) is 5.92 Å². The second kappa shape index (κ2) is 11.4. The second-order valence-corrected chi connectivity index (χ2v) is 5.90. The van der Waals surface area contributed by atoms with Crippen LogP contribution in [-0.4, -0.2) is 26.3 Å². The van der Waals surface area contributed by atoms with Crippen LogP contribution in [0.25, 0.3) is 0 Å². The maximum Gasteiger partial charge on any atom is 0.0591 e. The molecule has 1 atom stereocenters. The van der Waals surface area contributed by atoms with Crippen LogP contribution in [0.2, 0.25) is 0 Å². The van der Waals surface area contributed by atoms with Gasteiger partial charge in [0.2, 0.25) is 0 Å². The topological polar surface area (TPSA) is 21.3 Å². The van der Waals surface area contributed by atoms with E-state index < -0.39 is 0 Å². The van der Waals surface area contributed by atoms with Crippen LogP contribution >= 0.6 is 11.3 Å². The minimum atomic E-state index is 0.755. The lowest BCUT2D eigenvalue weighted by atomic mass is 10.0. The van der Waals surface area contributed by atoms with Crippen LogP contribution < -0.4 is 5.32 Å². The molecule has 0 amide bonds. The van der Waals surface area contributed by atoms with Crippen molar-refractivity contribution in [2.45, 2.75) is 46.0 Å². The van der Waals surface area contributed by atoms with Gasteiger partial charge in [0.15, 0.2) is 0 Å². The molecule has 0 saturated carbocycles. The van der Waals surface area contributed by atoms with Crippen LogP contribution in [0.15, 0.2) is 16.8 Å². The highest BCUT2D eigenvalue weighted by Gasteiger charge is 2.05. The van der Waals surface area contributed by atoms with Gasteiger partial charge in [-0.2, -0.15) is 11.3 Å². The van der Waals surface area contributed by atoms with E-state index in [2.05, 4.69) is 36.0 Å². The molecule has 110 valence electrons. The largest absolute Gasteiger partial charge is 0.380 e. The van der Waals surface area contributed by atoms with Crippen molar-refractivity contribution in [2.75, 3.05) is 26.3 Å². The van der Waals surface area contributed by atoms with Gasteiger partial charge in [0, 0.05) is 13.2 Å². The molecule has 0 aromatic carbocycles. The van der Waals surface area contributed by atoms with E-state index in [9.17, 15) is 0 Å². The van der Waals surface area contributed by atoms with E-state index in [-0.39, 0.29) is 0 Å². The molecule has 2 nitrogen and oxygen atoms in total. The number of nitrogens with one attached hydrogen (secondary N) is 1. The highest BCUT2D eigenvalue weighted by Crippen LogP contribution is 2.12. The predicted octanol–water partition coefficient (Wildman–Crippen LogP) is 4.11. The van der Waals surface area contributed by atoms with E-state index in [0.717, 1.165) is 38.6 Å². The number of hydrogen-bond acceptors (Lipinski definition) is 3. The van der Waals surface area contributed by atoms with Crippen molar-refractivity contribution in [3.63, 3.8) is 0 Å². The zero-order chi connectivity index (χ0) is 13.8. The molecule has 0 bridgehead atoms. The first-order chi connectivity index (χ1) is 9.36. The molecule has 1 unspecified atom stereocenters. The van der Waals surface area contributed by atoms with E-state index in [0.29, 0.717) is 0 Å². The molecular formula is C16H29NOS. The third kappa shape index (κ3) is 8.40. The fourth-order valence-corrected chi connectivity index (χ4v) is 2.79. The molecule has 0 aliphatic rings. The summed E-state index contributed by atoms with van der Waals surface area (Å²) >= 11 is 1.77. The minimum absolute atomic E-state index is 0.755. The van der Waals surface area contributed by atoms with Gasteiger partial charge >= 0.3 is 0 Å². The molecule has 0 aliphatic carbocycles. The fourth-order valence-electron chi connectivity index (χ4n) is 2.09. The Hall–Kier alpha value is -0.380. The first-order valence-electron chi connectivity index (χ1n) is 7.66. The SMILES string of the molecule is CCCCC(CC)COCCNCCc1ccsc1. The van der Waals surface area contributed by atoms with Gasteiger partial charge in [-0.05, 0) is 47.7 Å². The molecule has 1 aromatic heterocycles. The van der Waals surface area contributed by atoms with Gasteiger partial charge in [0.05, 0.1) is 6.61 Å². The average molecular weight is 283 g/mol. The third-order valence-electron chi connectivity index (χ3n) is 3.49. The van der Waals surface area contributed by atoms with Crippen LogP contribution in [0, 0.1) is 5.92 Å². The summed E-state index contributed by atoms with van der Waals surface area (Å²) in [6, 6.07) is 2.20. The number of unbranched alkanes of at least 4 members (excludes halogenated alkanes) is 1. The van der Waals surface area contributed by atoms with Crippen LogP contribution in [0.4, 0.5) is 0 Å². The van der Waals surface area contributed by atoms with Gasteiger partial charge in [-0.1, -0.05) is 33.1 Å². The van der Waals surface area contributed by atoms with Gasteiger partial charge in [0.1, 0.15) is 0 Å². The average Bonchev–Trinajstić information content (AvgIpc) is 2.94. The van der Waals surface area contributed by atoms with Gasteiger partial charge < -0.3 is 10.1 Å². The standard InChI is InChI=1S/C16H29NOS/c1-3-5-6-15(4-2)13-18-11-10-17-9-7-16-8-12-19-14-16/h8,12,14-15,17H,3-7,9-11,13H2,1-2H3. The van der Waals surface area contributed by atoms with E-state index in [1.807, 2.05) is 0 Å². The zero-order valence-electron chi connectivity index (χ0n) is 12.5. The van der Waals surface area contributed by atoms with Crippen LogP contribution in [-0.2, 0) is 11.2 Å². The molecule has 19 heavy (non-hydrogen) atoms. The lowest BCUT2D eigenvalue weighted by Crippen LogP contribution is -2.23. The Balaban J connectivity index is 1.89. The van der Waals surface area contributed by atoms with Crippen LogP contribution in [0.5, 0.6) is 0 Å². The molecule has 1 rings (SSSR count). The monoisotopic (exact) mass is 283 g/mol. The summed E-state index contributed by atoms with van der Waals surface area (Å²) in [5.74, 6) is 0.755. The molecule has 1 N–H and O–H groups in total. The predicted molar refractivity (Wildman–Crippen MR) is 85.0 cm³/mol. The molecule has 3 heteroatoms. The number of ether oxygens (including phenoxy) is 1. The number of thiophene rings is 1. The van der Waals surface area contributed by atoms with Gasteiger partial charge in [-0.25, -0.2) is 0 Å². The van der Waals surface area contributed by atoms with Gasteiger partial charge in [-0.15, -0.1) is 0 Å². The highest BCUT2D eigenvalue weighted by atomic mass is 32.1. The molecule has 1 heterocycles. The van der Waals surface area contributed by atoms with Crippen LogP contribution in [0.3, 0.4) is 0 Å². The minimum Gasteiger partial charge on any atom is -0.380 e. The quantitative estimate of drug-likeness (QED) is 0.583. The Morgan fingerprint density at radius 1 is 1.32 bits per heavy atom. The van der Waals surface area contributed by atoms with Gasteiger partial charge in [-0.3, -0.25) is 0 Å². The number of rotatable bonds is 12. The second-order valence-electron chi connectivity index (χ2n) is 5.12. The molecule has 0 spiro atoms. The molecular weight excluding hydrogens is 254 g/mol. The molecule has 0 saturated heterocycles. The van der Waals surface area contributed by atoms with Crippen molar-refractivity contribution in [1.82, 2.24) is 5.32 Å². The Morgan fingerprint density at radius 2 is 2.21 bits per heavy atom. The Morgan fingerprint density at radius 3 is 2.89 bits per heavy atom. The maximum atomic E-state index is 5.76. The summed E-state index contributed by atoms with van der Waals surface area (Å²) < 4.78 is 5.76. The Labute approximate surface area is 122 Å². The number of hydrogen-bond donors (Lipinski definition) is 1. The summed E-state index contributed by atoms with van der Waals surface area (Å²) in [6.45, 7) is 8.31. The molecule has 1 aromatic rings. The summed E-state index contributed by atoms with van der Waals surface area (Å²) in [7, 11) is 0. The van der Waals surface area contributed by atoms with E-state index >= 15 is 0 Å². The lowest BCUT2D eigenvalue weighted by Gasteiger charge is -2.14. The fraction of sp³-hybridized carbons (Fsp3) is 0.750. The van der Waals surface area contributed by atoms with Crippen molar-refractivity contribution in [1.29, 1.82) is 0 Å². The van der Waals surface area contributed by atoms with Gasteiger partial charge in [0.25, 0.3) is 0 Å². The van der Waals surface area contributed by atoms with E-state index in [1.54, 1.807) is 11.3 Å². The van der Waals surface area contributed by atoms with Crippen molar-refractivity contribution in [3.05, 3.63) is 22.4 Å². The Kier molecular flexibility index (Phi) is 10.0. The summed E-state index contributed by atoms with van der Waals surface area (Å²) in [5.41, 5.74) is 1.43. The van der Waals surface area contributed by atoms with Crippen molar-refractivity contribution < 1.29 is 4.74 Å². The normalized spacial score (nSPS) is 12.7. The highest BCUT2D eigenvalue weighted by molar-refractivity contribution is 7.07. The summed E-state index contributed by atoms with van der Waals surface area (Å²) in [6.07, 6.45) is 6.31. The summed E-state index contributed by atoms with van der Waals surface area (Å²) in [4.78, 5) is 0. The first kappa shape index (κ1) is 16.7. The lowest BCUT2D eigenvalue weighted by molar-refractivity contribution is 0.0958. The summed E-state index contributed by atoms with van der Waals surface area (Å²) in [5, 5.41) is 7.80. The Bertz CT molecular complexity index is 287. The molecule has 0 fully saturated rings. The van der Waals surface area contributed by atoms with E-state index in [1.165, 1.54) is 31.2 Å². The maximum absolute atomic E-state index is 5.76. The zero-order valence-corrected chi connectivity index (χ0v) is 13.3. The van der Waals surface area contributed by atoms with Crippen molar-refractivity contribution in [3.8, 4) is 0 Å². The third-order valence-corrected chi connectivity index (χ3v) is 4.22. The smallest absolute Gasteiger partial charge is 0.0591 e. The van der Waals surface area contributed by atoms with Crippen LogP contribution in [0.1, 0.15) is 45.1 Å². The van der Waals surface area contributed by atoms with E-state index in [4.69, 9.17) is 4.74 Å².